The van der Waals surface area contributed by atoms with Gasteiger partial charge in [0.05, 0.1) is 44.7 Å². The van der Waals surface area contributed by atoms with Crippen LogP contribution in [-0.2, 0) is 37.9 Å². The number of allylic oxidation sites excluding steroid dienone is 1. The van der Waals surface area contributed by atoms with E-state index in [0.717, 1.165) is 31.3 Å². The lowest BCUT2D eigenvalue weighted by Crippen LogP contribution is -2.65. The lowest BCUT2D eigenvalue weighted by atomic mass is 9.46. The van der Waals surface area contributed by atoms with Gasteiger partial charge in [-0.25, -0.2) is 0 Å². The Balaban J connectivity index is 0.879. The minimum atomic E-state index is -1.78. The largest absolute Gasteiger partial charge is 0.394 e. The number of hydrogen-bond donors (Lipinski definition) is 12. The number of fused-ring (bicyclic) bond motifs is 7. The van der Waals surface area contributed by atoms with E-state index in [0.29, 0.717) is 31.1 Å². The molecule has 20 nitrogen and oxygen atoms in total. The molecule has 380 valence electrons. The molecule has 4 saturated heterocycles. The molecule has 12 unspecified atom stereocenters. The van der Waals surface area contributed by atoms with Crippen molar-refractivity contribution in [3.05, 3.63) is 11.6 Å². The van der Waals surface area contributed by atoms with E-state index in [2.05, 4.69) is 26.8 Å². The molecule has 27 atom stereocenters. The van der Waals surface area contributed by atoms with Crippen molar-refractivity contribution in [3.63, 3.8) is 0 Å². The maximum atomic E-state index is 12.1. The Bertz CT molecular complexity index is 1670. The quantitative estimate of drug-likeness (QED) is 0.0820. The summed E-state index contributed by atoms with van der Waals surface area (Å²) in [5, 5.41) is 126. The zero-order chi connectivity index (χ0) is 47.8. The maximum absolute atomic E-state index is 12.1. The van der Waals surface area contributed by atoms with Crippen molar-refractivity contribution in [2.24, 2.45) is 46.3 Å². The molecule has 0 aromatic rings. The van der Waals surface area contributed by atoms with Crippen LogP contribution in [0, 0.1) is 46.3 Å². The molecule has 0 spiro atoms. The average molecular weight is 949 g/mol. The number of methoxy groups -OCH3 is 1. The maximum Gasteiger partial charge on any atom is 0.187 e. The van der Waals surface area contributed by atoms with E-state index in [1.165, 1.54) is 0 Å². The molecule has 20 heteroatoms. The molecule has 0 bridgehead atoms. The van der Waals surface area contributed by atoms with Crippen LogP contribution >= 0.6 is 0 Å². The van der Waals surface area contributed by atoms with E-state index in [9.17, 15) is 61.3 Å². The molecule has 8 rings (SSSR count). The Morgan fingerprint density at radius 1 is 0.727 bits per heavy atom. The minimum Gasteiger partial charge on any atom is -0.394 e. The van der Waals surface area contributed by atoms with Crippen LogP contribution in [0.2, 0.25) is 0 Å². The molecule has 3 saturated carbocycles. The predicted octanol–water partition coefficient (Wildman–Crippen LogP) is -2.23. The fourth-order valence-corrected chi connectivity index (χ4v) is 13.9. The Morgan fingerprint density at radius 2 is 1.32 bits per heavy atom. The van der Waals surface area contributed by atoms with Gasteiger partial charge in [-0.1, -0.05) is 39.3 Å². The third-order valence-electron chi connectivity index (χ3n) is 17.8. The Hall–Kier alpha value is -1.06. The van der Waals surface area contributed by atoms with Gasteiger partial charge in [-0.2, -0.15) is 0 Å². The molecule has 0 radical (unpaired) electrons. The molecular weight excluding hydrogens is 872 g/mol. The Labute approximate surface area is 385 Å². The highest BCUT2D eigenvalue weighted by Gasteiger charge is 2.69. The lowest BCUT2D eigenvalue weighted by Gasteiger charge is -2.60. The van der Waals surface area contributed by atoms with E-state index in [4.69, 9.17) is 37.9 Å². The van der Waals surface area contributed by atoms with E-state index in [1.54, 1.807) is 7.11 Å². The van der Waals surface area contributed by atoms with Crippen LogP contribution in [0.3, 0.4) is 0 Å². The summed E-state index contributed by atoms with van der Waals surface area (Å²) in [6.07, 6.45) is -15.8. The molecule has 4 aliphatic heterocycles. The summed E-state index contributed by atoms with van der Waals surface area (Å²) in [7, 11) is 1.70. The summed E-state index contributed by atoms with van der Waals surface area (Å²) in [4.78, 5) is 0. The van der Waals surface area contributed by atoms with Crippen LogP contribution in [0.25, 0.3) is 0 Å². The van der Waals surface area contributed by atoms with Crippen molar-refractivity contribution in [3.8, 4) is 0 Å². The summed E-state index contributed by atoms with van der Waals surface area (Å²) in [6.45, 7) is 7.10. The topological polar surface area (TPSA) is 317 Å². The summed E-state index contributed by atoms with van der Waals surface area (Å²) in [6, 6.07) is 0. The number of rotatable bonds is 14. The smallest absolute Gasteiger partial charge is 0.187 e. The van der Waals surface area contributed by atoms with Crippen LogP contribution in [0.15, 0.2) is 11.6 Å². The Kier molecular flexibility index (Phi) is 15.4. The number of aliphatic hydroxyl groups is 12. The van der Waals surface area contributed by atoms with Crippen LogP contribution in [0.5, 0.6) is 0 Å². The zero-order valence-corrected chi connectivity index (χ0v) is 38.6. The van der Waals surface area contributed by atoms with Gasteiger partial charge in [0.15, 0.2) is 24.7 Å². The molecule has 8 aliphatic rings. The van der Waals surface area contributed by atoms with Gasteiger partial charge in [0.1, 0.15) is 73.2 Å². The van der Waals surface area contributed by atoms with Crippen LogP contribution in [0.1, 0.15) is 79.1 Å². The van der Waals surface area contributed by atoms with E-state index in [1.807, 2.05) is 6.92 Å². The third kappa shape index (κ3) is 8.66. The molecule has 4 aliphatic carbocycles. The van der Waals surface area contributed by atoms with Crippen molar-refractivity contribution in [1.82, 2.24) is 0 Å². The molecule has 4 heterocycles. The highest BCUT2D eigenvalue weighted by atomic mass is 16.7. The fourth-order valence-electron chi connectivity index (χ4n) is 13.9. The van der Waals surface area contributed by atoms with Crippen LogP contribution < -0.4 is 0 Å². The molecule has 0 amide bonds. The average Bonchev–Trinajstić information content (AvgIpc) is 3.76. The van der Waals surface area contributed by atoms with Crippen molar-refractivity contribution >= 4 is 0 Å². The molecule has 0 aromatic heterocycles. The first-order valence-electron chi connectivity index (χ1n) is 24.0. The monoisotopic (exact) mass is 948 g/mol. The van der Waals surface area contributed by atoms with Crippen molar-refractivity contribution in [2.45, 2.75) is 195 Å². The number of ether oxygens (including phenoxy) is 8. The first-order valence-corrected chi connectivity index (χ1v) is 24.0. The summed E-state index contributed by atoms with van der Waals surface area (Å²) >= 11 is 0. The first-order chi connectivity index (χ1) is 31.3. The van der Waals surface area contributed by atoms with Gasteiger partial charge in [-0.3, -0.25) is 0 Å². The minimum absolute atomic E-state index is 0.000279. The van der Waals surface area contributed by atoms with Gasteiger partial charge in [-0.05, 0) is 73.5 Å². The third-order valence-corrected chi connectivity index (χ3v) is 17.8. The summed E-state index contributed by atoms with van der Waals surface area (Å²) < 4.78 is 48.0. The van der Waals surface area contributed by atoms with Gasteiger partial charge in [0.25, 0.3) is 0 Å². The summed E-state index contributed by atoms with van der Waals surface area (Å²) in [5.41, 5.74) is 0.525. The number of aliphatic hydroxyl groups excluding tert-OH is 12. The molecule has 12 N–H and O–H groups in total. The van der Waals surface area contributed by atoms with Crippen LogP contribution in [-0.4, -0.2) is 211 Å². The van der Waals surface area contributed by atoms with E-state index < -0.39 is 135 Å². The second kappa shape index (κ2) is 19.9. The van der Waals surface area contributed by atoms with Crippen LogP contribution in [0.4, 0.5) is 0 Å². The second-order valence-corrected chi connectivity index (χ2v) is 21.3. The van der Waals surface area contributed by atoms with Crippen molar-refractivity contribution in [2.75, 3.05) is 33.5 Å². The standard InChI is InChI=1S/C46H76O20/c1-19(18-60-41-37(56)34(53)32(51)27(15-47)62-41)8-11-46(59-5)20(2)31-26(66-46)14-25-23-7-6-21-12-22(13-30(50)45(21,4)24(23)9-10-44(25,31)3)61-42-39(58)36(55)40(29(17-49)64-42)65-43-38(57)35(54)33(52)28(16-48)63-43/h6,19-20,22-43,47-58H,7-18H2,1-5H3/t19?,20?,22?,23?,24?,25?,26?,27-,28-,29-,30?,31?,32-,33-,34+,35+,36-,37-,38-,39-,40+,41-,42-,43+,44?,45?,46?/m1/s1. The highest BCUT2D eigenvalue weighted by molar-refractivity contribution is 5.28. The highest BCUT2D eigenvalue weighted by Crippen LogP contribution is 2.70. The number of hydrogen-bond acceptors (Lipinski definition) is 20. The normalized spacial score (nSPS) is 54.2. The van der Waals surface area contributed by atoms with Crippen molar-refractivity contribution in [1.29, 1.82) is 0 Å². The summed E-state index contributed by atoms with van der Waals surface area (Å²) in [5.74, 6) is 0.391. The van der Waals surface area contributed by atoms with Gasteiger partial charge >= 0.3 is 0 Å². The molecule has 0 aromatic carbocycles. The SMILES string of the molecule is COC1(CCC(C)CO[C@@H]2O[C@H](CO)[C@@H](O)[C@H](O)[C@H]2O)OC2CC3C4CC=C5CC(O[C@@H]6O[C@H](CO)[C@H](O[C@@H]7O[C@H](CO)[C@@H](O)[C@H](O)[C@H]7O)[C@H](O)[C@H]6O)CC(O)C5(C)C4CCC3(C)C2C1C. The van der Waals surface area contributed by atoms with E-state index >= 15 is 0 Å². The van der Waals surface area contributed by atoms with Gasteiger partial charge in [0.2, 0.25) is 0 Å². The van der Waals surface area contributed by atoms with Crippen molar-refractivity contribution < 1.29 is 99.2 Å². The predicted molar refractivity (Wildman–Crippen MR) is 225 cm³/mol. The first kappa shape index (κ1) is 51.3. The lowest BCUT2D eigenvalue weighted by molar-refractivity contribution is -0.363. The second-order valence-electron chi connectivity index (χ2n) is 21.3. The van der Waals surface area contributed by atoms with Gasteiger partial charge in [0, 0.05) is 31.3 Å². The molecular formula is C46H76O20. The molecule has 7 fully saturated rings. The molecule has 66 heavy (non-hydrogen) atoms. The van der Waals surface area contributed by atoms with Gasteiger partial charge < -0.3 is 99.2 Å². The van der Waals surface area contributed by atoms with E-state index in [-0.39, 0.29) is 48.2 Å². The Morgan fingerprint density at radius 3 is 1.95 bits per heavy atom. The fraction of sp³-hybridized carbons (Fsp3) is 0.957. The van der Waals surface area contributed by atoms with Gasteiger partial charge in [-0.15, -0.1) is 0 Å². The zero-order valence-electron chi connectivity index (χ0n) is 38.6.